The lowest BCUT2D eigenvalue weighted by Crippen LogP contribution is -2.35. The van der Waals surface area contributed by atoms with Gasteiger partial charge >= 0.3 is 0 Å². The fraction of sp³-hybridized carbons (Fsp3) is 1.00. The SMILES string of the molecule is C[C@H](NCCO)C1CCCCCC1. The summed E-state index contributed by atoms with van der Waals surface area (Å²) < 4.78 is 0. The average Bonchev–Trinajstić information content (AvgIpc) is 2.42. The van der Waals surface area contributed by atoms with E-state index in [9.17, 15) is 0 Å². The minimum atomic E-state index is 0.261. The molecule has 0 saturated heterocycles. The Morgan fingerprint density at radius 1 is 1.23 bits per heavy atom. The van der Waals surface area contributed by atoms with Gasteiger partial charge in [0, 0.05) is 12.6 Å². The van der Waals surface area contributed by atoms with Crippen LogP contribution >= 0.6 is 0 Å². The van der Waals surface area contributed by atoms with Crippen LogP contribution in [0.2, 0.25) is 0 Å². The highest BCUT2D eigenvalue weighted by Gasteiger charge is 2.17. The molecular weight excluding hydrogens is 162 g/mol. The molecule has 0 unspecified atom stereocenters. The summed E-state index contributed by atoms with van der Waals surface area (Å²) in [6.07, 6.45) is 8.39. The molecule has 1 atom stereocenters. The van der Waals surface area contributed by atoms with E-state index in [-0.39, 0.29) is 6.61 Å². The normalized spacial score (nSPS) is 22.6. The molecule has 2 heteroatoms. The predicted octanol–water partition coefficient (Wildman–Crippen LogP) is 1.93. The highest BCUT2D eigenvalue weighted by atomic mass is 16.3. The van der Waals surface area contributed by atoms with Gasteiger partial charge < -0.3 is 10.4 Å². The van der Waals surface area contributed by atoms with Crippen molar-refractivity contribution in [3.05, 3.63) is 0 Å². The molecule has 0 aromatic rings. The monoisotopic (exact) mass is 185 g/mol. The van der Waals surface area contributed by atoms with Gasteiger partial charge in [-0.15, -0.1) is 0 Å². The summed E-state index contributed by atoms with van der Waals surface area (Å²) in [4.78, 5) is 0. The van der Waals surface area contributed by atoms with Gasteiger partial charge in [-0.25, -0.2) is 0 Å². The Hall–Kier alpha value is -0.0800. The van der Waals surface area contributed by atoms with Crippen molar-refractivity contribution in [1.29, 1.82) is 0 Å². The molecule has 0 aromatic carbocycles. The van der Waals surface area contributed by atoms with Crippen molar-refractivity contribution in [3.8, 4) is 0 Å². The molecule has 0 radical (unpaired) electrons. The second kappa shape index (κ2) is 6.39. The van der Waals surface area contributed by atoms with Crippen molar-refractivity contribution in [2.45, 2.75) is 51.5 Å². The van der Waals surface area contributed by atoms with Crippen LogP contribution in [-0.4, -0.2) is 24.3 Å². The molecule has 1 saturated carbocycles. The summed E-state index contributed by atoms with van der Waals surface area (Å²) in [6.45, 7) is 3.26. The fourth-order valence-electron chi connectivity index (χ4n) is 2.27. The van der Waals surface area contributed by atoms with E-state index in [2.05, 4.69) is 12.2 Å². The highest BCUT2D eigenvalue weighted by Crippen LogP contribution is 2.25. The van der Waals surface area contributed by atoms with Crippen LogP contribution in [0.25, 0.3) is 0 Å². The van der Waals surface area contributed by atoms with Crippen LogP contribution in [0.4, 0.5) is 0 Å². The van der Waals surface area contributed by atoms with Crippen molar-refractivity contribution < 1.29 is 5.11 Å². The zero-order chi connectivity index (χ0) is 9.52. The van der Waals surface area contributed by atoms with E-state index >= 15 is 0 Å². The van der Waals surface area contributed by atoms with E-state index in [0.29, 0.717) is 6.04 Å². The Labute approximate surface area is 81.7 Å². The number of hydrogen-bond donors (Lipinski definition) is 2. The maximum absolute atomic E-state index is 8.71. The van der Waals surface area contributed by atoms with Gasteiger partial charge in [-0.2, -0.15) is 0 Å². The Balaban J connectivity index is 2.22. The minimum absolute atomic E-state index is 0.261. The average molecular weight is 185 g/mol. The van der Waals surface area contributed by atoms with E-state index in [1.807, 2.05) is 0 Å². The van der Waals surface area contributed by atoms with Crippen LogP contribution in [0, 0.1) is 5.92 Å². The molecule has 0 aliphatic heterocycles. The first-order valence-corrected chi connectivity index (χ1v) is 5.69. The maximum Gasteiger partial charge on any atom is 0.0556 e. The Kier molecular flexibility index (Phi) is 5.40. The summed E-state index contributed by atoms with van der Waals surface area (Å²) in [7, 11) is 0. The summed E-state index contributed by atoms with van der Waals surface area (Å²) in [6, 6.07) is 0.588. The van der Waals surface area contributed by atoms with E-state index in [4.69, 9.17) is 5.11 Å². The summed E-state index contributed by atoms with van der Waals surface area (Å²) >= 11 is 0. The van der Waals surface area contributed by atoms with Crippen LogP contribution in [-0.2, 0) is 0 Å². The van der Waals surface area contributed by atoms with E-state index in [1.165, 1.54) is 38.5 Å². The standard InChI is InChI=1S/C11H23NO/c1-10(12-8-9-13)11-6-4-2-3-5-7-11/h10-13H,2-9H2,1H3/t10-/m0/s1. The number of aliphatic hydroxyl groups is 1. The Morgan fingerprint density at radius 3 is 2.38 bits per heavy atom. The van der Waals surface area contributed by atoms with Gasteiger partial charge in [0.15, 0.2) is 0 Å². The third kappa shape index (κ3) is 4.10. The highest BCUT2D eigenvalue weighted by molar-refractivity contribution is 4.74. The number of hydrogen-bond acceptors (Lipinski definition) is 2. The lowest BCUT2D eigenvalue weighted by Gasteiger charge is -2.23. The van der Waals surface area contributed by atoms with Crippen molar-refractivity contribution in [2.75, 3.05) is 13.2 Å². The molecule has 1 fully saturated rings. The van der Waals surface area contributed by atoms with Crippen LogP contribution in [0.15, 0.2) is 0 Å². The maximum atomic E-state index is 8.71. The Bertz CT molecular complexity index is 119. The molecule has 78 valence electrons. The van der Waals surface area contributed by atoms with E-state index in [1.54, 1.807) is 0 Å². The first kappa shape index (κ1) is 11.0. The minimum Gasteiger partial charge on any atom is -0.395 e. The second-order valence-electron chi connectivity index (χ2n) is 4.22. The first-order valence-electron chi connectivity index (χ1n) is 5.69. The molecule has 2 N–H and O–H groups in total. The van der Waals surface area contributed by atoms with Gasteiger partial charge in [0.25, 0.3) is 0 Å². The molecular formula is C11H23NO. The molecule has 1 aliphatic carbocycles. The topological polar surface area (TPSA) is 32.3 Å². The predicted molar refractivity (Wildman–Crippen MR) is 55.7 cm³/mol. The lowest BCUT2D eigenvalue weighted by molar-refractivity contribution is 0.264. The molecule has 0 bridgehead atoms. The summed E-state index contributed by atoms with van der Waals surface area (Å²) in [5.41, 5.74) is 0. The molecule has 2 nitrogen and oxygen atoms in total. The van der Waals surface area contributed by atoms with E-state index < -0.39 is 0 Å². The summed E-state index contributed by atoms with van der Waals surface area (Å²) in [5, 5.41) is 12.1. The number of rotatable bonds is 4. The van der Waals surface area contributed by atoms with Gasteiger partial charge in [-0.1, -0.05) is 25.7 Å². The van der Waals surface area contributed by atoms with Crippen LogP contribution in [0.5, 0.6) is 0 Å². The quantitative estimate of drug-likeness (QED) is 0.656. The summed E-state index contributed by atoms with van der Waals surface area (Å²) in [5.74, 6) is 0.842. The van der Waals surface area contributed by atoms with Gasteiger partial charge in [0.05, 0.1) is 6.61 Å². The van der Waals surface area contributed by atoms with Crippen molar-refractivity contribution in [1.82, 2.24) is 5.32 Å². The van der Waals surface area contributed by atoms with Crippen molar-refractivity contribution in [2.24, 2.45) is 5.92 Å². The first-order chi connectivity index (χ1) is 6.34. The second-order valence-corrected chi connectivity index (χ2v) is 4.22. The smallest absolute Gasteiger partial charge is 0.0556 e. The third-order valence-electron chi connectivity index (χ3n) is 3.19. The molecule has 1 aliphatic rings. The van der Waals surface area contributed by atoms with Crippen LogP contribution in [0.1, 0.15) is 45.4 Å². The number of aliphatic hydroxyl groups excluding tert-OH is 1. The van der Waals surface area contributed by atoms with Crippen molar-refractivity contribution in [3.63, 3.8) is 0 Å². The van der Waals surface area contributed by atoms with Gasteiger partial charge in [0.2, 0.25) is 0 Å². The molecule has 0 heterocycles. The molecule has 0 amide bonds. The van der Waals surface area contributed by atoms with Gasteiger partial charge in [-0.3, -0.25) is 0 Å². The van der Waals surface area contributed by atoms with Gasteiger partial charge in [-0.05, 0) is 25.7 Å². The third-order valence-corrected chi connectivity index (χ3v) is 3.19. The van der Waals surface area contributed by atoms with Crippen LogP contribution in [0.3, 0.4) is 0 Å². The zero-order valence-corrected chi connectivity index (χ0v) is 8.76. The molecule has 0 spiro atoms. The van der Waals surface area contributed by atoms with Crippen molar-refractivity contribution >= 4 is 0 Å². The van der Waals surface area contributed by atoms with Crippen LogP contribution < -0.4 is 5.32 Å². The number of nitrogens with one attached hydrogen (secondary N) is 1. The fourth-order valence-corrected chi connectivity index (χ4v) is 2.27. The molecule has 13 heavy (non-hydrogen) atoms. The Morgan fingerprint density at radius 2 is 1.85 bits per heavy atom. The lowest BCUT2D eigenvalue weighted by atomic mass is 9.93. The largest absolute Gasteiger partial charge is 0.395 e. The zero-order valence-electron chi connectivity index (χ0n) is 8.76. The van der Waals surface area contributed by atoms with Gasteiger partial charge in [0.1, 0.15) is 0 Å². The van der Waals surface area contributed by atoms with E-state index in [0.717, 1.165) is 12.5 Å². The molecule has 1 rings (SSSR count). The molecule has 0 aromatic heterocycles.